The van der Waals surface area contributed by atoms with E-state index in [0.29, 0.717) is 12.1 Å². The van der Waals surface area contributed by atoms with Crippen LogP contribution >= 0.6 is 0 Å². The summed E-state index contributed by atoms with van der Waals surface area (Å²) in [5.74, 6) is -0.187. The van der Waals surface area contributed by atoms with E-state index in [9.17, 15) is 5.11 Å². The lowest BCUT2D eigenvalue weighted by atomic mass is 10.3. The van der Waals surface area contributed by atoms with Crippen LogP contribution in [0.3, 0.4) is 0 Å². The molecule has 3 heteroatoms. The molecule has 3 nitrogen and oxygen atoms in total. The van der Waals surface area contributed by atoms with Crippen LogP contribution in [0.25, 0.3) is 0 Å². The van der Waals surface area contributed by atoms with Gasteiger partial charge in [0.1, 0.15) is 0 Å². The van der Waals surface area contributed by atoms with Crippen LogP contribution in [0.2, 0.25) is 0 Å². The van der Waals surface area contributed by atoms with Crippen molar-refractivity contribution in [2.75, 3.05) is 6.54 Å². The van der Waals surface area contributed by atoms with Crippen LogP contribution in [0.5, 0.6) is 0 Å². The Morgan fingerprint density at radius 2 is 2.11 bits per heavy atom. The molecule has 0 saturated carbocycles. The molecule has 0 unspecified atom stereocenters. The summed E-state index contributed by atoms with van der Waals surface area (Å²) < 4.78 is 0. The van der Waals surface area contributed by atoms with Gasteiger partial charge in [0.2, 0.25) is 0 Å². The molecule has 0 rings (SSSR count). The highest BCUT2D eigenvalue weighted by Crippen LogP contribution is 1.84. The molecule has 9 heavy (non-hydrogen) atoms. The van der Waals surface area contributed by atoms with Crippen molar-refractivity contribution < 1.29 is 5.11 Å². The number of hydrogen-bond donors (Lipinski definition) is 1. The first-order valence-electron chi connectivity index (χ1n) is 2.55. The van der Waals surface area contributed by atoms with Gasteiger partial charge in [-0.2, -0.15) is 0 Å². The predicted octanol–water partition coefficient (Wildman–Crippen LogP) is 0.717. The van der Waals surface area contributed by atoms with Gasteiger partial charge in [0, 0.05) is 6.54 Å². The maximum atomic E-state index is 10.5. The fourth-order valence-electron chi connectivity index (χ4n) is 0.279. The number of hydrogen-bond acceptors (Lipinski definition) is 2. The fourth-order valence-corrected chi connectivity index (χ4v) is 0.279. The Labute approximate surface area is 55.7 Å². The second-order valence-electron chi connectivity index (χ2n) is 1.56. The Bertz CT molecular complexity index is 118. The van der Waals surface area contributed by atoms with Crippen molar-refractivity contribution in [3.05, 3.63) is 12.2 Å². The molecule has 0 fully saturated rings. The lowest BCUT2D eigenvalue weighted by molar-refractivity contribution is -0.213. The van der Waals surface area contributed by atoms with Crippen molar-refractivity contribution in [3.63, 3.8) is 0 Å². The second-order valence-corrected chi connectivity index (χ2v) is 1.56. The molecule has 0 amide bonds. The number of rotatable bonds is 2. The van der Waals surface area contributed by atoms with Gasteiger partial charge in [-0.05, 0) is 25.3 Å². The Morgan fingerprint density at radius 1 is 1.67 bits per heavy atom. The van der Waals surface area contributed by atoms with Gasteiger partial charge in [-0.3, -0.25) is 0 Å². The molecule has 0 aliphatic heterocycles. The minimum absolute atomic E-state index is 0. The zero-order valence-electron chi connectivity index (χ0n) is 6.27. The standard InChI is InChI=1S/C6H11NO.H3N/c1-4-7-6(8)5(2)3;/h2,4H2,1,3H3,(H,7,8);1H3. The van der Waals surface area contributed by atoms with Crippen LogP contribution in [0.15, 0.2) is 17.1 Å². The van der Waals surface area contributed by atoms with Crippen molar-refractivity contribution in [1.29, 1.82) is 0 Å². The highest BCUT2D eigenvalue weighted by molar-refractivity contribution is 5.88. The van der Waals surface area contributed by atoms with E-state index in [4.69, 9.17) is 0 Å². The lowest BCUT2D eigenvalue weighted by Crippen LogP contribution is -2.18. The van der Waals surface area contributed by atoms with Crippen molar-refractivity contribution >= 4 is 5.90 Å². The molecular weight excluding hydrogens is 116 g/mol. The van der Waals surface area contributed by atoms with Gasteiger partial charge in [0.05, 0.1) is 0 Å². The smallest absolute Gasteiger partial charge is 0.0353 e. The predicted molar refractivity (Wildman–Crippen MR) is 38.8 cm³/mol. The third kappa shape index (κ3) is 5.03. The molecule has 0 aliphatic carbocycles. The van der Waals surface area contributed by atoms with Gasteiger partial charge >= 0.3 is 0 Å². The summed E-state index contributed by atoms with van der Waals surface area (Å²) in [7, 11) is 0. The van der Waals surface area contributed by atoms with Crippen molar-refractivity contribution in [1.82, 2.24) is 6.15 Å². The van der Waals surface area contributed by atoms with Crippen molar-refractivity contribution in [2.45, 2.75) is 13.8 Å². The van der Waals surface area contributed by atoms with Crippen LogP contribution in [0, 0.1) is 0 Å². The fraction of sp³-hybridized carbons (Fsp3) is 0.500. The highest BCUT2D eigenvalue weighted by atomic mass is 16.3. The molecule has 0 spiro atoms. The van der Waals surface area contributed by atoms with Gasteiger partial charge in [-0.1, -0.05) is 6.58 Å². The Morgan fingerprint density at radius 3 is 2.22 bits per heavy atom. The lowest BCUT2D eigenvalue weighted by Gasteiger charge is -2.07. The summed E-state index contributed by atoms with van der Waals surface area (Å²) in [6, 6.07) is 0. The third-order valence-electron chi connectivity index (χ3n) is 0.667. The molecule has 0 saturated heterocycles. The summed E-state index contributed by atoms with van der Waals surface area (Å²) in [6.07, 6.45) is 0. The van der Waals surface area contributed by atoms with Crippen LogP contribution < -0.4 is 11.3 Å². The van der Waals surface area contributed by atoms with Gasteiger partial charge in [0.25, 0.3) is 0 Å². The number of nitrogens with zero attached hydrogens (tertiary/aromatic N) is 1. The zero-order valence-corrected chi connectivity index (χ0v) is 6.27. The summed E-state index contributed by atoms with van der Waals surface area (Å²) in [4.78, 5) is 3.59. The normalized spacial score (nSPS) is 10.2. The maximum Gasteiger partial charge on any atom is 0.0353 e. The van der Waals surface area contributed by atoms with E-state index in [1.807, 2.05) is 6.92 Å². The Balaban J connectivity index is 0. The van der Waals surface area contributed by atoms with E-state index in [1.165, 1.54) is 0 Å². The topological polar surface area (TPSA) is 71.9 Å². The molecular formula is C6H14N2O. The van der Waals surface area contributed by atoms with Crippen LogP contribution in [0.4, 0.5) is 0 Å². The quantitative estimate of drug-likeness (QED) is 0.434. The first kappa shape index (κ1) is 11.0. The summed E-state index contributed by atoms with van der Waals surface area (Å²) >= 11 is 0. The molecule has 0 bridgehead atoms. The second kappa shape index (κ2) is 5.31. The van der Waals surface area contributed by atoms with Gasteiger partial charge in [-0.15, -0.1) is 0 Å². The minimum Gasteiger partial charge on any atom is -0.859 e. The van der Waals surface area contributed by atoms with E-state index in [-0.39, 0.29) is 12.0 Å². The summed E-state index contributed by atoms with van der Waals surface area (Å²) in [5.41, 5.74) is 0.506. The van der Waals surface area contributed by atoms with E-state index in [1.54, 1.807) is 6.92 Å². The molecule has 0 heterocycles. The van der Waals surface area contributed by atoms with Crippen LogP contribution in [-0.4, -0.2) is 12.4 Å². The zero-order chi connectivity index (χ0) is 6.57. The van der Waals surface area contributed by atoms with Crippen molar-refractivity contribution in [3.8, 4) is 0 Å². The average Bonchev–Trinajstić information content (AvgIpc) is 1.67. The molecule has 0 atom stereocenters. The van der Waals surface area contributed by atoms with Crippen molar-refractivity contribution in [2.24, 2.45) is 4.99 Å². The van der Waals surface area contributed by atoms with E-state index >= 15 is 0 Å². The molecule has 0 aromatic carbocycles. The largest absolute Gasteiger partial charge is 0.859 e. The molecule has 54 valence electrons. The highest BCUT2D eigenvalue weighted by Gasteiger charge is 1.78. The SMILES string of the molecule is C=C(C)C([O-])=NCC.[NH4+]. The van der Waals surface area contributed by atoms with E-state index < -0.39 is 0 Å². The third-order valence-corrected chi connectivity index (χ3v) is 0.667. The Hall–Kier alpha value is -0.830. The van der Waals surface area contributed by atoms with E-state index in [2.05, 4.69) is 11.6 Å². The molecule has 0 radical (unpaired) electrons. The van der Waals surface area contributed by atoms with Crippen LogP contribution in [0.1, 0.15) is 13.8 Å². The van der Waals surface area contributed by atoms with E-state index in [0.717, 1.165) is 0 Å². The van der Waals surface area contributed by atoms with Crippen LogP contribution in [-0.2, 0) is 0 Å². The minimum atomic E-state index is -0.187. The monoisotopic (exact) mass is 130 g/mol. The molecule has 0 aromatic rings. The van der Waals surface area contributed by atoms with Gasteiger partial charge < -0.3 is 16.2 Å². The maximum absolute atomic E-state index is 10.5. The molecule has 0 aliphatic rings. The number of quaternary nitrogens is 1. The summed E-state index contributed by atoms with van der Waals surface area (Å²) in [6.45, 7) is 7.45. The Kier molecular flexibility index (Phi) is 6.51. The molecule has 0 aromatic heterocycles. The van der Waals surface area contributed by atoms with Gasteiger partial charge in [-0.25, -0.2) is 0 Å². The molecule has 4 N–H and O–H groups in total. The average molecular weight is 130 g/mol. The first-order valence-corrected chi connectivity index (χ1v) is 2.55. The number of aliphatic imine (C=N–C) groups is 1. The summed E-state index contributed by atoms with van der Waals surface area (Å²) in [5, 5.41) is 10.5. The first-order chi connectivity index (χ1) is 3.68. The van der Waals surface area contributed by atoms with Gasteiger partial charge in [0.15, 0.2) is 0 Å².